The topological polar surface area (TPSA) is 57.5 Å². The van der Waals surface area contributed by atoms with Crippen molar-refractivity contribution < 1.29 is 15.0 Å². The summed E-state index contributed by atoms with van der Waals surface area (Å²) in [7, 11) is 0. The molecule has 4 fully saturated rings. The quantitative estimate of drug-likeness (QED) is 0.562. The summed E-state index contributed by atoms with van der Waals surface area (Å²) in [5, 5.41) is 22.8. The highest BCUT2D eigenvalue weighted by atomic mass is 16.3. The van der Waals surface area contributed by atoms with Crippen molar-refractivity contribution in [1.29, 1.82) is 0 Å². The fourth-order valence-electron chi connectivity index (χ4n) is 6.91. The second kappa shape index (κ2) is 6.03. The van der Waals surface area contributed by atoms with Crippen LogP contribution in [0.25, 0.3) is 0 Å². The Kier molecular flexibility index (Phi) is 4.33. The van der Waals surface area contributed by atoms with Gasteiger partial charge < -0.3 is 10.2 Å². The van der Waals surface area contributed by atoms with Gasteiger partial charge in [0.05, 0.1) is 12.2 Å². The van der Waals surface area contributed by atoms with Gasteiger partial charge in [-0.15, -0.1) is 6.58 Å². The third-order valence-electron chi connectivity index (χ3n) is 9.33. The van der Waals surface area contributed by atoms with Gasteiger partial charge >= 0.3 is 0 Å². The molecular formula is C24H36O3. The summed E-state index contributed by atoms with van der Waals surface area (Å²) in [4.78, 5) is 13.7. The number of rotatable bonds is 2. The lowest BCUT2D eigenvalue weighted by Crippen LogP contribution is -2.62. The fraction of sp³-hybridized carbons (Fsp3) is 0.792. The summed E-state index contributed by atoms with van der Waals surface area (Å²) >= 11 is 0. The molecule has 2 N–H and O–H groups in total. The molecular weight excluding hydrogens is 336 g/mol. The molecule has 2 bridgehead atoms. The van der Waals surface area contributed by atoms with E-state index in [4.69, 9.17) is 0 Å². The Morgan fingerprint density at radius 1 is 1.15 bits per heavy atom. The van der Waals surface area contributed by atoms with Crippen molar-refractivity contribution in [3.63, 3.8) is 0 Å². The van der Waals surface area contributed by atoms with Crippen LogP contribution in [0.3, 0.4) is 0 Å². The minimum absolute atomic E-state index is 0.00104. The summed E-state index contributed by atoms with van der Waals surface area (Å²) < 4.78 is 0. The van der Waals surface area contributed by atoms with E-state index in [0.29, 0.717) is 12.3 Å². The highest BCUT2D eigenvalue weighted by Gasteiger charge is 2.68. The van der Waals surface area contributed by atoms with E-state index in [1.54, 1.807) is 0 Å². The van der Waals surface area contributed by atoms with Crippen LogP contribution in [0.15, 0.2) is 24.3 Å². The average Bonchev–Trinajstić information content (AvgIpc) is 3.40. The number of hydrogen-bond acceptors (Lipinski definition) is 3. The van der Waals surface area contributed by atoms with Gasteiger partial charge in [0.25, 0.3) is 0 Å². The molecule has 8 atom stereocenters. The normalized spacial score (nSPS) is 54.4. The van der Waals surface area contributed by atoms with E-state index >= 15 is 0 Å². The summed E-state index contributed by atoms with van der Waals surface area (Å²) in [6.45, 7) is 12.5. The van der Waals surface area contributed by atoms with Crippen LogP contribution in [0.5, 0.6) is 0 Å². The van der Waals surface area contributed by atoms with Crippen molar-refractivity contribution >= 4 is 5.78 Å². The maximum absolute atomic E-state index is 13.7. The molecule has 0 unspecified atom stereocenters. The number of carbonyl (C=O) groups is 1. The Balaban J connectivity index is 1.90. The van der Waals surface area contributed by atoms with Gasteiger partial charge in [-0.05, 0) is 67.3 Å². The SMILES string of the molecule is C=C[C@]1(C)C[C@@H](O)[C@]2(C)[C@H](C)CC[C@]3(C/C(=C\C4CC4)C(=O)[C@H]32)[C@@H](C)[C@@H]1O. The molecule has 3 heteroatoms. The van der Waals surface area contributed by atoms with Gasteiger partial charge in [-0.1, -0.05) is 39.8 Å². The molecule has 0 aromatic carbocycles. The van der Waals surface area contributed by atoms with Crippen LogP contribution in [-0.4, -0.2) is 28.2 Å². The standard InChI is InChI=1S/C24H36O3/c1-6-22(4)13-18(25)23(5)14(2)9-10-24(15(3)21(22)27)12-17(11-16-7-8-16)19(26)20(23)24/h6,11,14-16,18,20-21,25,27H,1,7-10,12-13H2,2-5H3/b17-11+/t14-,15+,18-,20+,21+,22-,23+,24+/m1/s1. The zero-order valence-corrected chi connectivity index (χ0v) is 17.4. The lowest BCUT2D eigenvalue weighted by molar-refractivity contribution is -0.191. The molecule has 150 valence electrons. The lowest BCUT2D eigenvalue weighted by Gasteiger charge is -2.61. The summed E-state index contributed by atoms with van der Waals surface area (Å²) in [5.41, 5.74) is -0.255. The van der Waals surface area contributed by atoms with Crippen LogP contribution in [0.2, 0.25) is 0 Å². The molecule has 0 amide bonds. The van der Waals surface area contributed by atoms with Crippen LogP contribution >= 0.6 is 0 Å². The smallest absolute Gasteiger partial charge is 0.162 e. The Labute approximate surface area is 163 Å². The molecule has 0 aromatic heterocycles. The van der Waals surface area contributed by atoms with Crippen molar-refractivity contribution in [1.82, 2.24) is 0 Å². The van der Waals surface area contributed by atoms with Crippen molar-refractivity contribution in [2.45, 2.75) is 78.4 Å². The van der Waals surface area contributed by atoms with Gasteiger partial charge in [-0.2, -0.15) is 0 Å². The molecule has 27 heavy (non-hydrogen) atoms. The first-order chi connectivity index (χ1) is 12.6. The number of carbonyl (C=O) groups excluding carboxylic acids is 1. The summed E-state index contributed by atoms with van der Waals surface area (Å²) in [6, 6.07) is 0. The third-order valence-corrected chi connectivity index (χ3v) is 9.33. The van der Waals surface area contributed by atoms with Crippen molar-refractivity contribution in [2.24, 2.45) is 39.9 Å². The van der Waals surface area contributed by atoms with E-state index in [1.165, 1.54) is 12.8 Å². The zero-order chi connectivity index (χ0) is 19.8. The number of Topliss-reactive ketones (excluding diaryl/α,β-unsaturated/α-hetero) is 1. The molecule has 0 saturated heterocycles. The van der Waals surface area contributed by atoms with E-state index in [-0.39, 0.29) is 29.0 Å². The summed E-state index contributed by atoms with van der Waals surface area (Å²) in [5.74, 6) is 0.924. The first-order valence-corrected chi connectivity index (χ1v) is 10.8. The van der Waals surface area contributed by atoms with E-state index in [9.17, 15) is 15.0 Å². The zero-order valence-electron chi connectivity index (χ0n) is 17.4. The highest BCUT2D eigenvalue weighted by Crippen LogP contribution is 2.68. The highest BCUT2D eigenvalue weighted by molar-refractivity contribution is 6.01. The van der Waals surface area contributed by atoms with Crippen LogP contribution in [0.4, 0.5) is 0 Å². The van der Waals surface area contributed by atoms with E-state index in [2.05, 4.69) is 33.4 Å². The fourth-order valence-corrected chi connectivity index (χ4v) is 6.91. The third kappa shape index (κ3) is 2.50. The number of aliphatic hydroxyl groups is 2. The van der Waals surface area contributed by atoms with Gasteiger partial charge in [0.1, 0.15) is 0 Å². The number of aliphatic hydroxyl groups excluding tert-OH is 2. The van der Waals surface area contributed by atoms with Crippen LogP contribution in [-0.2, 0) is 4.79 Å². The Bertz CT molecular complexity index is 692. The molecule has 0 spiro atoms. The van der Waals surface area contributed by atoms with Gasteiger partial charge in [-0.3, -0.25) is 4.79 Å². The molecule has 0 aromatic rings. The maximum Gasteiger partial charge on any atom is 0.162 e. The number of allylic oxidation sites excluding steroid dienone is 2. The van der Waals surface area contributed by atoms with Gasteiger partial charge in [0.15, 0.2) is 5.78 Å². The van der Waals surface area contributed by atoms with E-state index in [0.717, 1.165) is 24.8 Å². The second-order valence-corrected chi connectivity index (χ2v) is 10.7. The Morgan fingerprint density at radius 3 is 2.41 bits per heavy atom. The van der Waals surface area contributed by atoms with E-state index in [1.807, 2.05) is 13.0 Å². The van der Waals surface area contributed by atoms with Crippen LogP contribution in [0.1, 0.15) is 66.2 Å². The maximum atomic E-state index is 13.7. The molecule has 4 saturated carbocycles. The lowest BCUT2D eigenvalue weighted by atomic mass is 9.44. The first kappa shape index (κ1) is 19.4. The van der Waals surface area contributed by atoms with Crippen LogP contribution < -0.4 is 0 Å². The predicted octanol–water partition coefficient (Wildman–Crippen LogP) is 4.29. The molecule has 0 heterocycles. The minimum Gasteiger partial charge on any atom is -0.392 e. The Morgan fingerprint density at radius 2 is 1.81 bits per heavy atom. The van der Waals surface area contributed by atoms with Crippen molar-refractivity contribution in [2.75, 3.05) is 0 Å². The van der Waals surface area contributed by atoms with Crippen molar-refractivity contribution in [3.8, 4) is 0 Å². The van der Waals surface area contributed by atoms with Gasteiger partial charge in [-0.25, -0.2) is 0 Å². The monoisotopic (exact) mass is 372 g/mol. The first-order valence-electron chi connectivity index (χ1n) is 10.8. The van der Waals surface area contributed by atoms with Crippen molar-refractivity contribution in [3.05, 3.63) is 24.3 Å². The molecule has 3 nitrogen and oxygen atoms in total. The summed E-state index contributed by atoms with van der Waals surface area (Å²) in [6.07, 6.45) is 8.42. The van der Waals surface area contributed by atoms with Crippen LogP contribution in [0, 0.1) is 39.9 Å². The molecule has 0 radical (unpaired) electrons. The molecule has 4 rings (SSSR count). The van der Waals surface area contributed by atoms with Gasteiger partial charge in [0, 0.05) is 16.7 Å². The minimum atomic E-state index is -0.619. The molecule has 0 aliphatic heterocycles. The largest absolute Gasteiger partial charge is 0.392 e. The predicted molar refractivity (Wildman–Crippen MR) is 107 cm³/mol. The molecule has 4 aliphatic carbocycles. The Hall–Kier alpha value is -0.930. The van der Waals surface area contributed by atoms with E-state index < -0.39 is 23.0 Å². The van der Waals surface area contributed by atoms with Gasteiger partial charge in [0.2, 0.25) is 0 Å². The molecule has 4 aliphatic rings. The number of ketones is 1. The average molecular weight is 373 g/mol. The second-order valence-electron chi connectivity index (χ2n) is 10.7. The number of hydrogen-bond donors (Lipinski definition) is 2.